The Hall–Kier alpha value is -6.10. The Morgan fingerprint density at radius 1 is 0.467 bits per heavy atom. The molecule has 0 saturated heterocycles. The monoisotopic (exact) mass is 574 g/mol. The highest BCUT2D eigenvalue weighted by atomic mass is 15.1. The Kier molecular flexibility index (Phi) is 5.06. The fourth-order valence-corrected chi connectivity index (χ4v) is 7.72. The van der Waals surface area contributed by atoms with Gasteiger partial charge in [0, 0.05) is 27.0 Å². The number of nitriles is 2. The molecule has 8 aromatic rings. The van der Waals surface area contributed by atoms with Crippen molar-refractivity contribution in [3.8, 4) is 34.6 Å². The Labute approximate surface area is 260 Å². The molecular formula is C41H26N4. The molecule has 0 N–H and O–H groups in total. The minimum Gasteiger partial charge on any atom is -0.307 e. The molecule has 210 valence electrons. The number of nitrogens with zero attached hydrogens (tertiary/aromatic N) is 4. The standard InChI is InChI=1S/C41H26N4/c1-41(2)33-15-7-3-11-27(33)31-21-32-30-14-6-10-18-37(30)45(38(32)22-34(31)41)40-20-26(24-43)25(23-42)19-39(40)44-35-16-8-4-12-28(35)29-13-5-9-17-36(29)44/h3-22H,1-2H3. The van der Waals surface area contributed by atoms with Gasteiger partial charge >= 0.3 is 0 Å². The smallest absolute Gasteiger partial charge is 0.101 e. The first-order chi connectivity index (χ1) is 22.0. The molecule has 1 aliphatic carbocycles. The van der Waals surface area contributed by atoms with Crippen molar-refractivity contribution >= 4 is 43.6 Å². The molecule has 0 radical (unpaired) electrons. The van der Waals surface area contributed by atoms with Gasteiger partial charge in [-0.2, -0.15) is 10.5 Å². The van der Waals surface area contributed by atoms with Crippen LogP contribution < -0.4 is 0 Å². The lowest BCUT2D eigenvalue weighted by molar-refractivity contribution is 0.661. The van der Waals surface area contributed by atoms with Gasteiger partial charge < -0.3 is 9.13 Å². The summed E-state index contributed by atoms with van der Waals surface area (Å²) in [7, 11) is 0. The maximum absolute atomic E-state index is 10.2. The number of fused-ring (bicyclic) bond motifs is 9. The van der Waals surface area contributed by atoms with E-state index in [2.05, 4.69) is 144 Å². The van der Waals surface area contributed by atoms with Crippen molar-refractivity contribution in [3.63, 3.8) is 0 Å². The second-order valence-corrected chi connectivity index (χ2v) is 12.4. The maximum atomic E-state index is 10.2. The lowest BCUT2D eigenvalue weighted by atomic mass is 9.82. The SMILES string of the molecule is CC1(C)c2ccccc2-c2cc3c4ccccc4n(-c4cc(C#N)c(C#N)cc4-n4c5ccccc5c5ccccc54)c3cc21. The van der Waals surface area contributed by atoms with Crippen molar-refractivity contribution < 1.29 is 0 Å². The van der Waals surface area contributed by atoms with E-state index in [0.29, 0.717) is 11.1 Å². The largest absolute Gasteiger partial charge is 0.307 e. The highest BCUT2D eigenvalue weighted by Crippen LogP contribution is 2.51. The third-order valence-electron chi connectivity index (χ3n) is 9.79. The van der Waals surface area contributed by atoms with Crippen LogP contribution in [0.1, 0.15) is 36.1 Å². The second kappa shape index (κ2) is 8.96. The summed E-state index contributed by atoms with van der Waals surface area (Å²) in [6.07, 6.45) is 0. The van der Waals surface area contributed by atoms with Crippen LogP contribution in [0.3, 0.4) is 0 Å². The van der Waals surface area contributed by atoms with E-state index in [4.69, 9.17) is 0 Å². The van der Waals surface area contributed by atoms with Crippen molar-refractivity contribution in [3.05, 3.63) is 144 Å². The second-order valence-electron chi connectivity index (χ2n) is 12.4. The van der Waals surface area contributed by atoms with Crippen LogP contribution in [0.5, 0.6) is 0 Å². The zero-order valence-electron chi connectivity index (χ0n) is 24.8. The third kappa shape index (κ3) is 3.29. The first-order valence-electron chi connectivity index (χ1n) is 15.2. The quantitative estimate of drug-likeness (QED) is 0.206. The van der Waals surface area contributed by atoms with E-state index in [9.17, 15) is 10.5 Å². The van der Waals surface area contributed by atoms with E-state index in [1.165, 1.54) is 22.3 Å². The lowest BCUT2D eigenvalue weighted by Crippen LogP contribution is -2.15. The molecule has 0 fully saturated rings. The van der Waals surface area contributed by atoms with Crippen molar-refractivity contribution in [1.82, 2.24) is 9.13 Å². The molecule has 4 nitrogen and oxygen atoms in total. The number of para-hydroxylation sites is 3. The lowest BCUT2D eigenvalue weighted by Gasteiger charge is -2.22. The molecule has 1 aliphatic rings. The molecular weight excluding hydrogens is 548 g/mol. The van der Waals surface area contributed by atoms with Gasteiger partial charge in [-0.05, 0) is 64.7 Å². The van der Waals surface area contributed by atoms with Gasteiger partial charge in [-0.25, -0.2) is 0 Å². The average molecular weight is 575 g/mol. The summed E-state index contributed by atoms with van der Waals surface area (Å²) in [5.41, 5.74) is 11.7. The van der Waals surface area contributed by atoms with E-state index in [1.54, 1.807) is 0 Å². The van der Waals surface area contributed by atoms with Gasteiger partial charge in [0.25, 0.3) is 0 Å². The third-order valence-corrected chi connectivity index (χ3v) is 9.79. The Morgan fingerprint density at radius 2 is 0.933 bits per heavy atom. The molecule has 0 unspecified atom stereocenters. The van der Waals surface area contributed by atoms with Gasteiger partial charge in [-0.3, -0.25) is 0 Å². The van der Waals surface area contributed by atoms with Gasteiger partial charge in [-0.1, -0.05) is 92.7 Å². The highest BCUT2D eigenvalue weighted by molar-refractivity contribution is 6.13. The van der Waals surface area contributed by atoms with Gasteiger partial charge in [0.15, 0.2) is 0 Å². The Morgan fingerprint density at radius 3 is 1.49 bits per heavy atom. The van der Waals surface area contributed by atoms with Crippen molar-refractivity contribution in [2.75, 3.05) is 0 Å². The molecule has 45 heavy (non-hydrogen) atoms. The van der Waals surface area contributed by atoms with Crippen molar-refractivity contribution in [1.29, 1.82) is 10.5 Å². The molecule has 0 amide bonds. The minimum absolute atomic E-state index is 0.167. The van der Waals surface area contributed by atoms with Crippen molar-refractivity contribution in [2.45, 2.75) is 19.3 Å². The summed E-state index contributed by atoms with van der Waals surface area (Å²) in [4.78, 5) is 0. The fraction of sp³-hybridized carbons (Fsp3) is 0.0732. The van der Waals surface area contributed by atoms with Gasteiger partial charge in [0.05, 0.1) is 44.6 Å². The molecule has 2 aromatic heterocycles. The van der Waals surface area contributed by atoms with Crippen molar-refractivity contribution in [2.24, 2.45) is 0 Å². The zero-order chi connectivity index (χ0) is 30.4. The number of rotatable bonds is 2. The molecule has 0 aliphatic heterocycles. The van der Waals surface area contributed by atoms with Gasteiger partial charge in [-0.15, -0.1) is 0 Å². The van der Waals surface area contributed by atoms with Gasteiger partial charge in [0.1, 0.15) is 12.1 Å². The van der Waals surface area contributed by atoms with Crippen LogP contribution in [0.25, 0.3) is 66.1 Å². The van der Waals surface area contributed by atoms with Crippen LogP contribution in [0.15, 0.2) is 121 Å². The molecule has 9 rings (SSSR count). The summed E-state index contributed by atoms with van der Waals surface area (Å²) < 4.78 is 4.54. The molecule has 6 aromatic carbocycles. The summed E-state index contributed by atoms with van der Waals surface area (Å²) in [6.45, 7) is 4.60. The number of hydrogen-bond donors (Lipinski definition) is 0. The average Bonchev–Trinajstić information content (AvgIpc) is 3.67. The number of hydrogen-bond acceptors (Lipinski definition) is 2. The molecule has 2 heterocycles. The first-order valence-corrected chi connectivity index (χ1v) is 15.2. The predicted molar refractivity (Wildman–Crippen MR) is 182 cm³/mol. The normalized spacial score (nSPS) is 13.2. The first kappa shape index (κ1) is 25.4. The van der Waals surface area contributed by atoms with E-state index >= 15 is 0 Å². The van der Waals surface area contributed by atoms with E-state index in [0.717, 1.165) is 55.0 Å². The Bertz CT molecular complexity index is 2600. The number of benzene rings is 6. The summed E-state index contributed by atoms with van der Waals surface area (Å²) >= 11 is 0. The van der Waals surface area contributed by atoms with Crippen LogP contribution in [0.2, 0.25) is 0 Å². The minimum atomic E-state index is -0.167. The summed E-state index contributed by atoms with van der Waals surface area (Å²) in [5.74, 6) is 0. The Balaban J connectivity index is 1.46. The van der Waals surface area contributed by atoms with Crippen LogP contribution >= 0.6 is 0 Å². The molecule has 0 spiro atoms. The molecule has 0 saturated carbocycles. The summed E-state index contributed by atoms with van der Waals surface area (Å²) in [6, 6.07) is 47.1. The molecule has 4 heteroatoms. The zero-order valence-corrected chi connectivity index (χ0v) is 24.8. The fourth-order valence-electron chi connectivity index (χ4n) is 7.72. The topological polar surface area (TPSA) is 57.4 Å². The molecule has 0 atom stereocenters. The highest BCUT2D eigenvalue weighted by Gasteiger charge is 2.36. The molecule has 0 bridgehead atoms. The van der Waals surface area contributed by atoms with Crippen LogP contribution in [-0.2, 0) is 5.41 Å². The number of aromatic nitrogens is 2. The van der Waals surface area contributed by atoms with Crippen LogP contribution in [0.4, 0.5) is 0 Å². The maximum Gasteiger partial charge on any atom is 0.101 e. The van der Waals surface area contributed by atoms with Gasteiger partial charge in [0.2, 0.25) is 0 Å². The van der Waals surface area contributed by atoms with E-state index < -0.39 is 0 Å². The predicted octanol–water partition coefficient (Wildman–Crippen LogP) is 9.93. The van der Waals surface area contributed by atoms with Crippen LogP contribution in [-0.4, -0.2) is 9.13 Å². The van der Waals surface area contributed by atoms with E-state index in [1.807, 2.05) is 12.1 Å². The summed E-state index contributed by atoms with van der Waals surface area (Å²) in [5, 5.41) is 25.0. The van der Waals surface area contributed by atoms with Crippen LogP contribution in [0, 0.1) is 22.7 Å². The van der Waals surface area contributed by atoms with E-state index in [-0.39, 0.29) is 5.41 Å².